The van der Waals surface area contributed by atoms with Crippen molar-refractivity contribution >= 4 is 11.6 Å². The third-order valence-electron chi connectivity index (χ3n) is 4.53. The molecular formula is C21H21F3N2O2. The van der Waals surface area contributed by atoms with Crippen LogP contribution >= 0.6 is 0 Å². The third kappa shape index (κ3) is 4.71. The van der Waals surface area contributed by atoms with Gasteiger partial charge in [-0.2, -0.15) is 0 Å². The minimum Gasteiger partial charge on any atom is -0.390 e. The minimum atomic E-state index is -0.704. The number of carbonyl (C=O) groups is 1. The summed E-state index contributed by atoms with van der Waals surface area (Å²) in [5.74, 6) is -1.92. The smallest absolute Gasteiger partial charge is 0.222 e. The fourth-order valence-electron chi connectivity index (χ4n) is 3.11. The van der Waals surface area contributed by atoms with Gasteiger partial charge in [0.05, 0.1) is 12.3 Å². The summed E-state index contributed by atoms with van der Waals surface area (Å²) < 4.78 is 41.1. The zero-order valence-corrected chi connectivity index (χ0v) is 15.5. The molecule has 1 amide bonds. The van der Waals surface area contributed by atoms with E-state index < -0.39 is 23.6 Å². The van der Waals surface area contributed by atoms with Gasteiger partial charge in [0, 0.05) is 36.6 Å². The van der Waals surface area contributed by atoms with Gasteiger partial charge in [0.2, 0.25) is 5.91 Å². The maximum atomic E-state index is 14.0. The number of nitrogens with zero attached hydrogens (tertiary/aromatic N) is 2. The van der Waals surface area contributed by atoms with Crippen LogP contribution in [-0.2, 0) is 16.2 Å². The summed E-state index contributed by atoms with van der Waals surface area (Å²) in [7, 11) is 0. The molecule has 0 radical (unpaired) electrons. The Bertz CT molecular complexity index is 886. The molecule has 1 aliphatic heterocycles. The van der Waals surface area contributed by atoms with Gasteiger partial charge >= 0.3 is 0 Å². The van der Waals surface area contributed by atoms with Crippen molar-refractivity contribution in [3.05, 3.63) is 71.0 Å². The average Bonchev–Trinajstić information content (AvgIpc) is 3.12. The Balaban J connectivity index is 1.70. The van der Waals surface area contributed by atoms with Gasteiger partial charge < -0.3 is 9.74 Å². The highest BCUT2D eigenvalue weighted by atomic mass is 19.1. The van der Waals surface area contributed by atoms with Crippen molar-refractivity contribution in [3.8, 4) is 0 Å². The van der Waals surface area contributed by atoms with Crippen LogP contribution in [-0.4, -0.2) is 29.2 Å². The summed E-state index contributed by atoms with van der Waals surface area (Å²) in [6.45, 7) is 2.05. The van der Waals surface area contributed by atoms with Crippen molar-refractivity contribution < 1.29 is 22.8 Å². The zero-order valence-electron chi connectivity index (χ0n) is 15.5. The van der Waals surface area contributed by atoms with E-state index in [-0.39, 0.29) is 24.6 Å². The van der Waals surface area contributed by atoms with Crippen LogP contribution in [0.5, 0.6) is 0 Å². The van der Waals surface area contributed by atoms with Gasteiger partial charge in [0.25, 0.3) is 0 Å². The van der Waals surface area contributed by atoms with E-state index in [0.717, 1.165) is 12.1 Å². The van der Waals surface area contributed by atoms with E-state index in [4.69, 9.17) is 4.84 Å². The van der Waals surface area contributed by atoms with Crippen molar-refractivity contribution in [2.45, 2.75) is 38.8 Å². The maximum Gasteiger partial charge on any atom is 0.222 e. The highest BCUT2D eigenvalue weighted by Crippen LogP contribution is 2.21. The predicted molar refractivity (Wildman–Crippen MR) is 99.1 cm³/mol. The Morgan fingerprint density at radius 1 is 1.18 bits per heavy atom. The Labute approximate surface area is 161 Å². The predicted octanol–water partition coefficient (Wildman–Crippen LogP) is 4.43. The molecule has 1 aliphatic rings. The quantitative estimate of drug-likeness (QED) is 0.702. The Hall–Kier alpha value is -2.83. The first-order chi connectivity index (χ1) is 13.5. The molecule has 3 rings (SSSR count). The second-order valence-electron chi connectivity index (χ2n) is 6.71. The lowest BCUT2D eigenvalue weighted by molar-refractivity contribution is -0.133. The number of benzene rings is 2. The summed E-state index contributed by atoms with van der Waals surface area (Å²) in [6.07, 6.45) is 0.821. The van der Waals surface area contributed by atoms with Crippen LogP contribution in [0.3, 0.4) is 0 Å². The first kappa shape index (κ1) is 19.9. The summed E-state index contributed by atoms with van der Waals surface area (Å²) in [5, 5.41) is 3.96. The van der Waals surface area contributed by atoms with Gasteiger partial charge in [-0.05, 0) is 18.6 Å². The molecule has 0 aromatic heterocycles. The summed E-state index contributed by atoms with van der Waals surface area (Å²) in [6, 6.07) is 9.55. The van der Waals surface area contributed by atoms with Crippen molar-refractivity contribution in [1.82, 2.24) is 4.90 Å². The van der Waals surface area contributed by atoms with E-state index in [2.05, 4.69) is 5.16 Å². The Morgan fingerprint density at radius 2 is 1.96 bits per heavy atom. The van der Waals surface area contributed by atoms with Crippen LogP contribution in [0.2, 0.25) is 0 Å². The van der Waals surface area contributed by atoms with Crippen molar-refractivity contribution in [3.63, 3.8) is 0 Å². The standard InChI is InChI=1S/C21H21F3N2O2/c1-2-5-21(27)26(12-14-8-9-15(22)10-19(14)24)13-16-11-20(25-28-16)17-6-3-4-7-18(17)23/h3-4,6-10,16H,2,5,11-13H2,1H3. The number of hydrogen-bond donors (Lipinski definition) is 0. The lowest BCUT2D eigenvalue weighted by Crippen LogP contribution is -2.37. The second kappa shape index (κ2) is 8.91. The molecule has 4 nitrogen and oxygen atoms in total. The summed E-state index contributed by atoms with van der Waals surface area (Å²) in [4.78, 5) is 19.4. The van der Waals surface area contributed by atoms with Gasteiger partial charge in [0.1, 0.15) is 17.5 Å². The zero-order chi connectivity index (χ0) is 20.1. The molecule has 148 valence electrons. The average molecular weight is 390 g/mol. The van der Waals surface area contributed by atoms with Gasteiger partial charge in [-0.3, -0.25) is 4.79 Å². The fraction of sp³-hybridized carbons (Fsp3) is 0.333. The van der Waals surface area contributed by atoms with Gasteiger partial charge in [-0.25, -0.2) is 13.2 Å². The van der Waals surface area contributed by atoms with E-state index >= 15 is 0 Å². The van der Waals surface area contributed by atoms with Crippen LogP contribution in [0.1, 0.15) is 37.3 Å². The molecule has 1 unspecified atom stereocenters. The van der Waals surface area contributed by atoms with Gasteiger partial charge in [-0.1, -0.05) is 36.3 Å². The second-order valence-corrected chi connectivity index (χ2v) is 6.71. The topological polar surface area (TPSA) is 41.9 Å². The molecule has 2 aromatic carbocycles. The highest BCUT2D eigenvalue weighted by molar-refractivity contribution is 6.01. The lowest BCUT2D eigenvalue weighted by atomic mass is 10.0. The van der Waals surface area contributed by atoms with Crippen molar-refractivity contribution in [2.75, 3.05) is 6.54 Å². The Kier molecular flexibility index (Phi) is 6.34. The SMILES string of the molecule is CCCC(=O)N(Cc1ccc(F)cc1F)CC1CC(c2ccccc2F)=NO1. The van der Waals surface area contributed by atoms with E-state index in [1.54, 1.807) is 18.2 Å². The molecule has 0 bridgehead atoms. The van der Waals surface area contributed by atoms with Crippen LogP contribution in [0.25, 0.3) is 0 Å². The molecule has 0 N–H and O–H groups in total. The minimum absolute atomic E-state index is 0.000161. The summed E-state index contributed by atoms with van der Waals surface area (Å²) in [5.41, 5.74) is 1.05. The van der Waals surface area contributed by atoms with Crippen LogP contribution < -0.4 is 0 Å². The van der Waals surface area contributed by atoms with Crippen LogP contribution in [0, 0.1) is 17.5 Å². The number of carbonyl (C=O) groups excluding carboxylic acids is 1. The Morgan fingerprint density at radius 3 is 2.68 bits per heavy atom. The number of hydrogen-bond acceptors (Lipinski definition) is 3. The van der Waals surface area contributed by atoms with Gasteiger partial charge in [-0.15, -0.1) is 0 Å². The molecule has 28 heavy (non-hydrogen) atoms. The lowest BCUT2D eigenvalue weighted by Gasteiger charge is -2.25. The number of halogens is 3. The number of amides is 1. The molecule has 0 spiro atoms. The molecule has 0 aliphatic carbocycles. The van der Waals surface area contributed by atoms with Crippen molar-refractivity contribution in [2.24, 2.45) is 5.16 Å². The molecule has 0 saturated heterocycles. The highest BCUT2D eigenvalue weighted by Gasteiger charge is 2.28. The van der Waals surface area contributed by atoms with Crippen LogP contribution in [0.4, 0.5) is 13.2 Å². The normalized spacial score (nSPS) is 15.9. The number of rotatable bonds is 7. The van der Waals surface area contributed by atoms with Crippen LogP contribution in [0.15, 0.2) is 47.6 Å². The maximum absolute atomic E-state index is 14.0. The monoisotopic (exact) mass is 390 g/mol. The van der Waals surface area contributed by atoms with E-state index in [9.17, 15) is 18.0 Å². The van der Waals surface area contributed by atoms with Crippen molar-refractivity contribution in [1.29, 1.82) is 0 Å². The molecule has 2 aromatic rings. The molecule has 1 atom stereocenters. The van der Waals surface area contributed by atoms with Gasteiger partial charge in [0.15, 0.2) is 6.10 Å². The summed E-state index contributed by atoms with van der Waals surface area (Å²) >= 11 is 0. The fourth-order valence-corrected chi connectivity index (χ4v) is 3.11. The first-order valence-electron chi connectivity index (χ1n) is 9.17. The van der Waals surface area contributed by atoms with E-state index in [1.807, 2.05) is 6.92 Å². The third-order valence-corrected chi connectivity index (χ3v) is 4.53. The molecule has 1 heterocycles. The molecular weight excluding hydrogens is 369 g/mol. The number of oxime groups is 1. The van der Waals surface area contributed by atoms with E-state index in [0.29, 0.717) is 30.5 Å². The molecule has 0 saturated carbocycles. The molecule has 0 fully saturated rings. The largest absolute Gasteiger partial charge is 0.390 e. The molecule has 7 heteroatoms. The van der Waals surface area contributed by atoms with E-state index in [1.165, 1.54) is 17.0 Å². The first-order valence-corrected chi connectivity index (χ1v) is 9.17.